The second-order valence-corrected chi connectivity index (χ2v) is 16.8. The van der Waals surface area contributed by atoms with E-state index in [1.54, 1.807) is 0 Å². The summed E-state index contributed by atoms with van der Waals surface area (Å²) in [7, 11) is 0. The van der Waals surface area contributed by atoms with Gasteiger partial charge in [-0.3, -0.25) is 14.4 Å². The average molecular weight is 751 g/mol. The lowest BCUT2D eigenvalue weighted by atomic mass is 10.00. The van der Waals surface area contributed by atoms with Gasteiger partial charge in [-0.25, -0.2) is 0 Å². The van der Waals surface area contributed by atoms with Gasteiger partial charge in [0.2, 0.25) is 0 Å². The number of rotatable bonds is 41. The molecule has 0 rings (SSSR count). The van der Waals surface area contributed by atoms with E-state index in [4.69, 9.17) is 14.2 Å². The molecule has 0 aromatic carbocycles. The van der Waals surface area contributed by atoms with Crippen LogP contribution in [0.25, 0.3) is 0 Å². The molecule has 0 saturated heterocycles. The van der Waals surface area contributed by atoms with Gasteiger partial charge >= 0.3 is 17.9 Å². The molecule has 1 unspecified atom stereocenters. The first-order valence-electron chi connectivity index (χ1n) is 23.3. The van der Waals surface area contributed by atoms with E-state index in [-0.39, 0.29) is 31.1 Å². The van der Waals surface area contributed by atoms with Crippen LogP contribution in [0.1, 0.15) is 253 Å². The molecule has 0 fully saturated rings. The van der Waals surface area contributed by atoms with Gasteiger partial charge in [0.05, 0.1) is 0 Å². The van der Waals surface area contributed by atoms with Crippen LogP contribution in [0, 0.1) is 11.8 Å². The number of hydrogen-bond donors (Lipinski definition) is 0. The number of ether oxygens (including phenoxy) is 3. The Morgan fingerprint density at radius 2 is 0.717 bits per heavy atom. The van der Waals surface area contributed by atoms with E-state index in [0.29, 0.717) is 19.3 Å². The molecular formula is C47H90O6. The molecule has 0 radical (unpaired) electrons. The maximum absolute atomic E-state index is 12.7. The molecule has 6 nitrogen and oxygen atoms in total. The van der Waals surface area contributed by atoms with Crippen molar-refractivity contribution in [2.75, 3.05) is 13.2 Å². The van der Waals surface area contributed by atoms with E-state index in [2.05, 4.69) is 34.6 Å². The van der Waals surface area contributed by atoms with Crippen molar-refractivity contribution in [3.8, 4) is 0 Å². The molecule has 0 aliphatic rings. The second-order valence-electron chi connectivity index (χ2n) is 16.8. The van der Waals surface area contributed by atoms with Crippen LogP contribution in [0.3, 0.4) is 0 Å². The minimum atomic E-state index is -0.760. The highest BCUT2D eigenvalue weighted by atomic mass is 16.6. The molecule has 314 valence electrons. The lowest BCUT2D eigenvalue weighted by Gasteiger charge is -2.18. The van der Waals surface area contributed by atoms with Crippen LogP contribution < -0.4 is 0 Å². The van der Waals surface area contributed by atoms with Crippen LogP contribution in [-0.4, -0.2) is 37.2 Å². The predicted octanol–water partition coefficient (Wildman–Crippen LogP) is 14.6. The van der Waals surface area contributed by atoms with Crippen molar-refractivity contribution in [2.45, 2.75) is 259 Å². The van der Waals surface area contributed by atoms with Gasteiger partial charge < -0.3 is 14.2 Å². The summed E-state index contributed by atoms with van der Waals surface area (Å²) in [6.45, 7) is 11.3. The van der Waals surface area contributed by atoms with Crippen molar-refractivity contribution in [3.63, 3.8) is 0 Å². The van der Waals surface area contributed by atoms with Gasteiger partial charge in [-0.15, -0.1) is 0 Å². The maximum Gasteiger partial charge on any atom is 0.306 e. The van der Waals surface area contributed by atoms with Crippen LogP contribution in [0.15, 0.2) is 0 Å². The fourth-order valence-corrected chi connectivity index (χ4v) is 6.90. The molecule has 0 saturated carbocycles. The minimum Gasteiger partial charge on any atom is -0.462 e. The molecule has 0 aromatic rings. The van der Waals surface area contributed by atoms with Crippen LogP contribution >= 0.6 is 0 Å². The smallest absolute Gasteiger partial charge is 0.306 e. The number of unbranched alkanes of at least 4 members (excludes halogenated alkanes) is 25. The Morgan fingerprint density at radius 3 is 1.08 bits per heavy atom. The molecular weight excluding hydrogens is 661 g/mol. The molecule has 6 heteroatoms. The standard InChI is InChI=1S/C47H90O6/c1-6-8-9-10-11-17-22-29-34-39-47(50)53-44(41-52-46(49)38-33-28-24-23-26-31-36-43(5)7-2)40-51-45(48)37-32-27-21-19-16-14-12-13-15-18-20-25-30-35-42(3)4/h42-44H,6-41H2,1-5H3/t43?,44-/m0/s1. The van der Waals surface area contributed by atoms with Crippen molar-refractivity contribution in [2.24, 2.45) is 11.8 Å². The predicted molar refractivity (Wildman–Crippen MR) is 224 cm³/mol. The van der Waals surface area contributed by atoms with Gasteiger partial charge in [0.1, 0.15) is 13.2 Å². The third-order valence-corrected chi connectivity index (χ3v) is 10.8. The molecule has 0 aromatic heterocycles. The monoisotopic (exact) mass is 751 g/mol. The second kappa shape index (κ2) is 40.1. The summed E-state index contributed by atoms with van der Waals surface area (Å²) in [5, 5.41) is 0. The lowest BCUT2D eigenvalue weighted by molar-refractivity contribution is -0.167. The van der Waals surface area contributed by atoms with Crippen molar-refractivity contribution >= 4 is 17.9 Å². The third kappa shape index (κ3) is 39.9. The Balaban J connectivity index is 4.27. The minimum absolute atomic E-state index is 0.0653. The molecule has 0 heterocycles. The van der Waals surface area contributed by atoms with Gasteiger partial charge in [0.25, 0.3) is 0 Å². The first-order chi connectivity index (χ1) is 25.8. The van der Waals surface area contributed by atoms with E-state index < -0.39 is 6.10 Å². The SMILES string of the molecule is CCCCCCCCCCCC(=O)O[C@@H](COC(=O)CCCCCCCCCCCCCCCC(C)C)COC(=O)CCCCCCCCC(C)CC. The van der Waals surface area contributed by atoms with E-state index in [9.17, 15) is 14.4 Å². The molecule has 0 N–H and O–H groups in total. The van der Waals surface area contributed by atoms with Crippen LogP contribution in [0.4, 0.5) is 0 Å². The van der Waals surface area contributed by atoms with Crippen molar-refractivity contribution in [1.29, 1.82) is 0 Å². The van der Waals surface area contributed by atoms with Gasteiger partial charge in [0, 0.05) is 19.3 Å². The third-order valence-electron chi connectivity index (χ3n) is 10.8. The van der Waals surface area contributed by atoms with Gasteiger partial charge in [-0.1, -0.05) is 214 Å². The summed E-state index contributed by atoms with van der Waals surface area (Å²) in [6.07, 6.45) is 38.1. The first-order valence-corrected chi connectivity index (χ1v) is 23.3. The zero-order chi connectivity index (χ0) is 39.0. The maximum atomic E-state index is 12.7. The number of hydrogen-bond acceptors (Lipinski definition) is 6. The summed E-state index contributed by atoms with van der Waals surface area (Å²) in [5.41, 5.74) is 0. The van der Waals surface area contributed by atoms with E-state index >= 15 is 0 Å². The molecule has 0 aliphatic carbocycles. The number of esters is 3. The quantitative estimate of drug-likeness (QED) is 0.0352. The summed E-state index contributed by atoms with van der Waals surface area (Å²) < 4.78 is 16.7. The molecule has 0 bridgehead atoms. The molecule has 0 aliphatic heterocycles. The highest BCUT2D eigenvalue weighted by molar-refractivity contribution is 5.71. The Labute approximate surface area is 329 Å². The number of carbonyl (C=O) groups excluding carboxylic acids is 3. The van der Waals surface area contributed by atoms with Crippen molar-refractivity contribution < 1.29 is 28.6 Å². The topological polar surface area (TPSA) is 78.9 Å². The van der Waals surface area contributed by atoms with Gasteiger partial charge in [0.15, 0.2) is 6.10 Å². The van der Waals surface area contributed by atoms with Crippen molar-refractivity contribution in [3.05, 3.63) is 0 Å². The summed E-state index contributed by atoms with van der Waals surface area (Å²) in [6, 6.07) is 0. The zero-order valence-electron chi connectivity index (χ0n) is 36.1. The van der Waals surface area contributed by atoms with Crippen LogP contribution in [0.2, 0.25) is 0 Å². The van der Waals surface area contributed by atoms with E-state index in [0.717, 1.165) is 69.6 Å². The molecule has 0 amide bonds. The molecule has 2 atom stereocenters. The van der Waals surface area contributed by atoms with Gasteiger partial charge in [-0.05, 0) is 31.1 Å². The van der Waals surface area contributed by atoms with Crippen molar-refractivity contribution in [1.82, 2.24) is 0 Å². The zero-order valence-corrected chi connectivity index (χ0v) is 36.1. The summed E-state index contributed by atoms with van der Waals surface area (Å²) in [4.78, 5) is 37.7. The van der Waals surface area contributed by atoms with E-state index in [1.165, 1.54) is 141 Å². The van der Waals surface area contributed by atoms with E-state index in [1.807, 2.05) is 0 Å². The summed E-state index contributed by atoms with van der Waals surface area (Å²) in [5.74, 6) is 0.793. The van der Waals surface area contributed by atoms with Crippen LogP contribution in [-0.2, 0) is 28.6 Å². The highest BCUT2D eigenvalue weighted by Gasteiger charge is 2.19. The summed E-state index contributed by atoms with van der Waals surface area (Å²) >= 11 is 0. The Bertz CT molecular complexity index is 811. The van der Waals surface area contributed by atoms with Gasteiger partial charge in [-0.2, -0.15) is 0 Å². The molecule has 53 heavy (non-hydrogen) atoms. The Kier molecular flexibility index (Phi) is 38.9. The Hall–Kier alpha value is -1.59. The number of carbonyl (C=O) groups is 3. The largest absolute Gasteiger partial charge is 0.462 e. The molecule has 0 spiro atoms. The fourth-order valence-electron chi connectivity index (χ4n) is 6.90. The lowest BCUT2D eigenvalue weighted by Crippen LogP contribution is -2.30. The normalized spacial score (nSPS) is 12.6. The Morgan fingerprint density at radius 1 is 0.396 bits per heavy atom. The fraction of sp³-hybridized carbons (Fsp3) is 0.936. The van der Waals surface area contributed by atoms with Crippen LogP contribution in [0.5, 0.6) is 0 Å². The first kappa shape index (κ1) is 51.4. The highest BCUT2D eigenvalue weighted by Crippen LogP contribution is 2.17. The average Bonchev–Trinajstić information content (AvgIpc) is 3.14.